The van der Waals surface area contributed by atoms with Gasteiger partial charge in [-0.25, -0.2) is 4.79 Å². The summed E-state index contributed by atoms with van der Waals surface area (Å²) >= 11 is 0. The zero-order chi connectivity index (χ0) is 10.7. The maximum absolute atomic E-state index is 11.3. The summed E-state index contributed by atoms with van der Waals surface area (Å²) < 4.78 is 6.35. The molecule has 0 aliphatic rings. The zero-order valence-corrected chi connectivity index (χ0v) is 8.94. The first kappa shape index (κ1) is 10.7. The first-order chi connectivity index (χ1) is 6.56. The van der Waals surface area contributed by atoms with E-state index in [4.69, 9.17) is 0 Å². The van der Waals surface area contributed by atoms with Crippen LogP contribution in [-0.4, -0.2) is 41.9 Å². The van der Waals surface area contributed by atoms with Crippen molar-refractivity contribution >= 4 is 5.97 Å². The highest BCUT2D eigenvalue weighted by Crippen LogP contribution is 2.10. The van der Waals surface area contributed by atoms with Crippen molar-refractivity contribution in [2.45, 2.75) is 6.54 Å². The lowest BCUT2D eigenvalue weighted by Gasteiger charge is -2.10. The third-order valence-electron chi connectivity index (χ3n) is 1.93. The molecule has 0 spiro atoms. The number of carbonyl (C=O) groups excluding carboxylic acids is 1. The van der Waals surface area contributed by atoms with E-state index in [-0.39, 0.29) is 5.97 Å². The van der Waals surface area contributed by atoms with E-state index >= 15 is 0 Å². The molecule has 0 unspecified atom stereocenters. The quantitative estimate of drug-likeness (QED) is 0.652. The molecule has 5 heteroatoms. The van der Waals surface area contributed by atoms with Gasteiger partial charge in [-0.15, -0.1) is 0 Å². The minimum atomic E-state index is -0.338. The molecule has 5 nitrogen and oxygen atoms in total. The number of aromatic nitrogens is 2. The highest BCUT2D eigenvalue weighted by Gasteiger charge is 2.16. The highest BCUT2D eigenvalue weighted by molar-refractivity contribution is 5.90. The lowest BCUT2D eigenvalue weighted by atomic mass is 10.2. The van der Waals surface area contributed by atoms with Crippen LogP contribution in [0.25, 0.3) is 0 Å². The largest absolute Gasteiger partial charge is 0.465 e. The normalized spacial score (nSPS) is 10.6. The van der Waals surface area contributed by atoms with Crippen molar-refractivity contribution in [1.29, 1.82) is 0 Å². The summed E-state index contributed by atoms with van der Waals surface area (Å²) in [4.78, 5) is 13.3. The van der Waals surface area contributed by atoms with E-state index in [1.54, 1.807) is 4.68 Å². The van der Waals surface area contributed by atoms with E-state index in [2.05, 4.69) is 9.84 Å². The van der Waals surface area contributed by atoms with Crippen LogP contribution in [0.4, 0.5) is 0 Å². The van der Waals surface area contributed by atoms with E-state index in [0.29, 0.717) is 12.1 Å². The van der Waals surface area contributed by atoms with E-state index in [9.17, 15) is 4.79 Å². The molecular formula is C9H15N3O2. The summed E-state index contributed by atoms with van der Waals surface area (Å²) in [6, 6.07) is 0. The SMILES string of the molecule is COC(=O)c1cnn(C)c1CN(C)C. The van der Waals surface area contributed by atoms with Gasteiger partial charge in [-0.2, -0.15) is 5.10 Å². The summed E-state index contributed by atoms with van der Waals surface area (Å²) in [5.74, 6) is -0.338. The number of rotatable bonds is 3. The number of methoxy groups -OCH3 is 1. The smallest absolute Gasteiger partial charge is 0.341 e. The van der Waals surface area contributed by atoms with E-state index in [0.717, 1.165) is 5.69 Å². The maximum Gasteiger partial charge on any atom is 0.341 e. The second-order valence-corrected chi connectivity index (χ2v) is 3.36. The topological polar surface area (TPSA) is 47.4 Å². The van der Waals surface area contributed by atoms with Crippen LogP contribution in [-0.2, 0) is 18.3 Å². The fourth-order valence-corrected chi connectivity index (χ4v) is 1.23. The van der Waals surface area contributed by atoms with Crippen molar-refractivity contribution in [2.24, 2.45) is 7.05 Å². The predicted molar refractivity (Wildman–Crippen MR) is 51.9 cm³/mol. The van der Waals surface area contributed by atoms with Crippen LogP contribution < -0.4 is 0 Å². The summed E-state index contributed by atoms with van der Waals surface area (Å²) in [5.41, 5.74) is 1.39. The predicted octanol–water partition coefficient (Wildman–Crippen LogP) is 0.268. The Labute approximate surface area is 83.3 Å². The lowest BCUT2D eigenvalue weighted by Crippen LogP contribution is -2.17. The molecule has 0 atom stereocenters. The average molecular weight is 197 g/mol. The summed E-state index contributed by atoms with van der Waals surface area (Å²) in [7, 11) is 7.06. The second-order valence-electron chi connectivity index (χ2n) is 3.36. The minimum Gasteiger partial charge on any atom is -0.465 e. The van der Waals surface area contributed by atoms with Crippen LogP contribution in [0.1, 0.15) is 16.1 Å². The van der Waals surface area contributed by atoms with E-state index in [1.165, 1.54) is 13.3 Å². The standard InChI is InChI=1S/C9H15N3O2/c1-11(2)6-8-7(9(13)14-4)5-10-12(8)3/h5H,6H2,1-4H3. The third kappa shape index (κ3) is 2.11. The van der Waals surface area contributed by atoms with Gasteiger partial charge in [0.2, 0.25) is 0 Å². The summed E-state index contributed by atoms with van der Waals surface area (Å²) in [5, 5.41) is 4.03. The van der Waals surface area contributed by atoms with Gasteiger partial charge in [0.1, 0.15) is 5.56 Å². The van der Waals surface area contributed by atoms with Crippen molar-refractivity contribution in [3.8, 4) is 0 Å². The van der Waals surface area contributed by atoms with Gasteiger partial charge in [-0.3, -0.25) is 4.68 Å². The molecule has 0 aliphatic carbocycles. The fraction of sp³-hybridized carbons (Fsp3) is 0.556. The molecule has 0 bridgehead atoms. The molecule has 0 amide bonds. The summed E-state index contributed by atoms with van der Waals surface area (Å²) in [6.45, 7) is 0.668. The maximum atomic E-state index is 11.3. The Morgan fingerprint density at radius 3 is 2.79 bits per heavy atom. The lowest BCUT2D eigenvalue weighted by molar-refractivity contribution is 0.0598. The van der Waals surface area contributed by atoms with Crippen molar-refractivity contribution in [1.82, 2.24) is 14.7 Å². The molecule has 78 valence electrons. The zero-order valence-electron chi connectivity index (χ0n) is 8.94. The number of carbonyl (C=O) groups is 1. The third-order valence-corrected chi connectivity index (χ3v) is 1.93. The Kier molecular flexibility index (Phi) is 3.24. The van der Waals surface area contributed by atoms with Crippen molar-refractivity contribution < 1.29 is 9.53 Å². The first-order valence-electron chi connectivity index (χ1n) is 4.30. The molecule has 1 heterocycles. The fourth-order valence-electron chi connectivity index (χ4n) is 1.23. The molecule has 0 saturated heterocycles. The molecule has 0 fully saturated rings. The molecule has 0 aliphatic heterocycles. The molecule has 0 N–H and O–H groups in total. The molecule has 0 saturated carbocycles. The monoisotopic (exact) mass is 197 g/mol. The second kappa shape index (κ2) is 4.23. The van der Waals surface area contributed by atoms with Gasteiger partial charge in [0.15, 0.2) is 0 Å². The molecule has 0 aromatic carbocycles. The Balaban J connectivity index is 2.99. The molecule has 1 aromatic rings. The number of ether oxygens (including phenoxy) is 1. The van der Waals surface area contributed by atoms with Crippen LogP contribution in [0.2, 0.25) is 0 Å². The Bertz CT molecular complexity index is 331. The van der Waals surface area contributed by atoms with Crippen molar-refractivity contribution in [3.63, 3.8) is 0 Å². The molecular weight excluding hydrogens is 182 g/mol. The van der Waals surface area contributed by atoms with Gasteiger partial charge in [-0.1, -0.05) is 0 Å². The number of nitrogens with zero attached hydrogens (tertiary/aromatic N) is 3. The van der Waals surface area contributed by atoms with E-state index < -0.39 is 0 Å². The average Bonchev–Trinajstić information content (AvgIpc) is 2.46. The Morgan fingerprint density at radius 1 is 1.64 bits per heavy atom. The number of hydrogen-bond donors (Lipinski definition) is 0. The van der Waals surface area contributed by atoms with Crippen LogP contribution in [0.3, 0.4) is 0 Å². The van der Waals surface area contributed by atoms with Gasteiger partial charge < -0.3 is 9.64 Å². The van der Waals surface area contributed by atoms with E-state index in [1.807, 2.05) is 26.0 Å². The van der Waals surface area contributed by atoms with Gasteiger partial charge in [0.25, 0.3) is 0 Å². The number of esters is 1. The van der Waals surface area contributed by atoms with Gasteiger partial charge >= 0.3 is 5.97 Å². The van der Waals surface area contributed by atoms with Crippen LogP contribution in [0, 0.1) is 0 Å². The van der Waals surface area contributed by atoms with Crippen LogP contribution in [0.15, 0.2) is 6.20 Å². The Hall–Kier alpha value is -1.36. The summed E-state index contributed by atoms with van der Waals surface area (Å²) in [6.07, 6.45) is 1.53. The molecule has 14 heavy (non-hydrogen) atoms. The molecule has 1 rings (SSSR count). The van der Waals surface area contributed by atoms with Gasteiger partial charge in [0, 0.05) is 13.6 Å². The first-order valence-corrected chi connectivity index (χ1v) is 4.30. The van der Waals surface area contributed by atoms with Crippen molar-refractivity contribution in [3.05, 3.63) is 17.5 Å². The Morgan fingerprint density at radius 2 is 2.29 bits per heavy atom. The van der Waals surface area contributed by atoms with Crippen LogP contribution >= 0.6 is 0 Å². The highest BCUT2D eigenvalue weighted by atomic mass is 16.5. The minimum absolute atomic E-state index is 0.338. The van der Waals surface area contributed by atoms with Gasteiger partial charge in [0.05, 0.1) is 19.0 Å². The number of aryl methyl sites for hydroxylation is 1. The van der Waals surface area contributed by atoms with Gasteiger partial charge in [-0.05, 0) is 14.1 Å². The van der Waals surface area contributed by atoms with Crippen molar-refractivity contribution in [2.75, 3.05) is 21.2 Å². The molecule has 1 aromatic heterocycles. The number of hydrogen-bond acceptors (Lipinski definition) is 4. The molecule has 0 radical (unpaired) electrons. The van der Waals surface area contributed by atoms with Crippen LogP contribution in [0.5, 0.6) is 0 Å².